The van der Waals surface area contributed by atoms with Gasteiger partial charge in [0.2, 0.25) is 5.91 Å². The molecule has 2 aliphatic heterocycles. The van der Waals surface area contributed by atoms with Gasteiger partial charge in [-0.15, -0.1) is 0 Å². The monoisotopic (exact) mass is 334 g/mol. The molecule has 0 bridgehead atoms. The number of nitrogens with zero attached hydrogens (tertiary/aromatic N) is 1. The Labute approximate surface area is 140 Å². The summed E-state index contributed by atoms with van der Waals surface area (Å²) in [6.45, 7) is 2.33. The average molecular weight is 334 g/mol. The van der Waals surface area contributed by atoms with E-state index in [1.165, 1.54) is 11.1 Å². The van der Waals surface area contributed by atoms with Gasteiger partial charge in [-0.05, 0) is 17.5 Å². The van der Waals surface area contributed by atoms with Crippen LogP contribution in [0.3, 0.4) is 0 Å². The van der Waals surface area contributed by atoms with Gasteiger partial charge in [-0.3, -0.25) is 9.69 Å². The Kier molecular flexibility index (Phi) is 5.44. The normalized spacial score (nSPS) is 23.7. The fraction of sp³-hybridized carbons (Fsp3) is 0.529. The van der Waals surface area contributed by atoms with Crippen LogP contribution in [0.5, 0.6) is 0 Å². The summed E-state index contributed by atoms with van der Waals surface area (Å²) in [5.74, 6) is -1.11. The first-order valence-electron chi connectivity index (χ1n) is 8.11. The summed E-state index contributed by atoms with van der Waals surface area (Å²) in [7, 11) is 0. The number of fused-ring (bicyclic) bond motifs is 1. The molecule has 1 amide bonds. The van der Waals surface area contributed by atoms with E-state index in [4.69, 9.17) is 14.6 Å². The Morgan fingerprint density at radius 1 is 1.29 bits per heavy atom. The maximum absolute atomic E-state index is 12.3. The Balaban J connectivity index is 1.49. The molecule has 1 aromatic carbocycles. The molecule has 1 fully saturated rings. The standard InChI is InChI=1S/C17H22N2O5/c20-16(9-19-7-12-3-1-2-4-13(12)8-19)18-14-10-23-6-5-15(14)24-11-17(21)22/h1-4,14-15H,5-11H2,(H,18,20)(H,21,22)/t14-,15+/m1/s1. The highest BCUT2D eigenvalue weighted by molar-refractivity contribution is 5.78. The number of nitrogens with one attached hydrogen (secondary N) is 1. The van der Waals surface area contributed by atoms with Crippen LogP contribution in [0, 0.1) is 0 Å². The summed E-state index contributed by atoms with van der Waals surface area (Å²) >= 11 is 0. The van der Waals surface area contributed by atoms with Crippen LogP contribution in [0.25, 0.3) is 0 Å². The molecule has 0 unspecified atom stereocenters. The van der Waals surface area contributed by atoms with Gasteiger partial charge in [0.25, 0.3) is 0 Å². The molecule has 0 aliphatic carbocycles. The third kappa shape index (κ3) is 4.31. The lowest BCUT2D eigenvalue weighted by molar-refractivity contribution is -0.148. The Morgan fingerprint density at radius 3 is 2.67 bits per heavy atom. The fourth-order valence-electron chi connectivity index (χ4n) is 3.20. The van der Waals surface area contributed by atoms with E-state index in [2.05, 4.69) is 22.3 Å². The van der Waals surface area contributed by atoms with Gasteiger partial charge in [-0.2, -0.15) is 0 Å². The Bertz CT molecular complexity index is 581. The molecule has 7 heteroatoms. The molecule has 1 aromatic rings. The molecule has 24 heavy (non-hydrogen) atoms. The van der Waals surface area contributed by atoms with Gasteiger partial charge in [-0.25, -0.2) is 4.79 Å². The summed E-state index contributed by atoms with van der Waals surface area (Å²) in [5, 5.41) is 11.7. The first kappa shape index (κ1) is 16.9. The van der Waals surface area contributed by atoms with Gasteiger partial charge in [0, 0.05) is 19.7 Å². The summed E-state index contributed by atoms with van der Waals surface area (Å²) in [6.07, 6.45) is 0.252. The lowest BCUT2D eigenvalue weighted by Crippen LogP contribution is -2.52. The molecule has 130 valence electrons. The largest absolute Gasteiger partial charge is 0.480 e. The van der Waals surface area contributed by atoms with Gasteiger partial charge >= 0.3 is 5.97 Å². The molecule has 3 rings (SSSR count). The number of carboxylic acids is 1. The van der Waals surface area contributed by atoms with E-state index in [0.29, 0.717) is 26.2 Å². The number of rotatable bonds is 6. The topological polar surface area (TPSA) is 88.1 Å². The van der Waals surface area contributed by atoms with E-state index in [0.717, 1.165) is 13.1 Å². The van der Waals surface area contributed by atoms with Crippen molar-refractivity contribution in [1.29, 1.82) is 0 Å². The van der Waals surface area contributed by atoms with E-state index >= 15 is 0 Å². The van der Waals surface area contributed by atoms with Crippen molar-refractivity contribution >= 4 is 11.9 Å². The molecule has 2 heterocycles. The number of amides is 1. The lowest BCUT2D eigenvalue weighted by Gasteiger charge is -2.32. The predicted octanol–water partition coefficient (Wildman–Crippen LogP) is 0.377. The van der Waals surface area contributed by atoms with Crippen LogP contribution in [0.4, 0.5) is 0 Å². The van der Waals surface area contributed by atoms with E-state index < -0.39 is 5.97 Å². The van der Waals surface area contributed by atoms with Crippen LogP contribution in [0.1, 0.15) is 17.5 Å². The van der Waals surface area contributed by atoms with Crippen LogP contribution in [0.15, 0.2) is 24.3 Å². The van der Waals surface area contributed by atoms with E-state index in [9.17, 15) is 9.59 Å². The fourth-order valence-corrected chi connectivity index (χ4v) is 3.20. The first-order chi connectivity index (χ1) is 11.6. The number of hydrogen-bond acceptors (Lipinski definition) is 5. The smallest absolute Gasteiger partial charge is 0.329 e. The molecule has 7 nitrogen and oxygen atoms in total. The highest BCUT2D eigenvalue weighted by Gasteiger charge is 2.29. The minimum Gasteiger partial charge on any atom is -0.480 e. The maximum Gasteiger partial charge on any atom is 0.329 e. The molecule has 0 aromatic heterocycles. The average Bonchev–Trinajstić information content (AvgIpc) is 2.96. The molecule has 0 saturated carbocycles. The number of carbonyl (C=O) groups excluding carboxylic acids is 1. The molecule has 2 atom stereocenters. The van der Waals surface area contributed by atoms with Gasteiger partial charge in [0.1, 0.15) is 6.61 Å². The first-order valence-corrected chi connectivity index (χ1v) is 8.11. The van der Waals surface area contributed by atoms with Crippen molar-refractivity contribution in [2.75, 3.05) is 26.4 Å². The summed E-state index contributed by atoms with van der Waals surface area (Å²) in [6, 6.07) is 7.87. The zero-order valence-corrected chi connectivity index (χ0v) is 13.4. The molecule has 2 N–H and O–H groups in total. The quantitative estimate of drug-likeness (QED) is 0.782. The Morgan fingerprint density at radius 2 is 2.00 bits per heavy atom. The molecule has 0 radical (unpaired) electrons. The highest BCUT2D eigenvalue weighted by atomic mass is 16.5. The van der Waals surface area contributed by atoms with Crippen molar-refractivity contribution in [2.45, 2.75) is 31.7 Å². The molecular weight excluding hydrogens is 312 g/mol. The maximum atomic E-state index is 12.3. The van der Waals surface area contributed by atoms with E-state index in [-0.39, 0.29) is 24.7 Å². The second kappa shape index (κ2) is 7.74. The van der Waals surface area contributed by atoms with E-state index in [1.807, 2.05) is 12.1 Å². The molecule has 2 aliphatic rings. The zero-order valence-electron chi connectivity index (χ0n) is 13.4. The minimum atomic E-state index is -1.01. The van der Waals surface area contributed by atoms with Crippen molar-refractivity contribution < 1.29 is 24.2 Å². The number of carboxylic acid groups (broad SMARTS) is 1. The summed E-state index contributed by atoms with van der Waals surface area (Å²) in [4.78, 5) is 25.1. The highest BCUT2D eigenvalue weighted by Crippen LogP contribution is 2.21. The van der Waals surface area contributed by atoms with Gasteiger partial charge in [0.05, 0.1) is 25.3 Å². The third-order valence-electron chi connectivity index (χ3n) is 4.33. The van der Waals surface area contributed by atoms with Crippen LogP contribution in [-0.4, -0.2) is 60.4 Å². The second-order valence-electron chi connectivity index (χ2n) is 6.19. The van der Waals surface area contributed by atoms with Crippen molar-refractivity contribution in [3.63, 3.8) is 0 Å². The zero-order chi connectivity index (χ0) is 16.9. The number of carbonyl (C=O) groups is 2. The van der Waals surface area contributed by atoms with Crippen LogP contribution in [0.2, 0.25) is 0 Å². The summed E-state index contributed by atoms with van der Waals surface area (Å²) in [5.41, 5.74) is 2.52. The summed E-state index contributed by atoms with van der Waals surface area (Å²) < 4.78 is 10.8. The van der Waals surface area contributed by atoms with Crippen LogP contribution < -0.4 is 5.32 Å². The van der Waals surface area contributed by atoms with Gasteiger partial charge < -0.3 is 19.9 Å². The van der Waals surface area contributed by atoms with E-state index in [1.54, 1.807) is 0 Å². The molecular formula is C17H22N2O5. The van der Waals surface area contributed by atoms with Crippen molar-refractivity contribution in [2.24, 2.45) is 0 Å². The molecule has 0 spiro atoms. The SMILES string of the molecule is O=C(O)CO[C@H]1CCOC[C@H]1NC(=O)CN1Cc2ccccc2C1. The van der Waals surface area contributed by atoms with Crippen LogP contribution in [-0.2, 0) is 32.2 Å². The van der Waals surface area contributed by atoms with Crippen LogP contribution >= 0.6 is 0 Å². The number of ether oxygens (including phenoxy) is 2. The minimum absolute atomic E-state index is 0.0952. The van der Waals surface area contributed by atoms with Gasteiger partial charge in [0.15, 0.2) is 0 Å². The van der Waals surface area contributed by atoms with Crippen molar-refractivity contribution in [3.05, 3.63) is 35.4 Å². The molecule has 1 saturated heterocycles. The number of hydrogen-bond donors (Lipinski definition) is 2. The van der Waals surface area contributed by atoms with Crippen molar-refractivity contribution in [3.8, 4) is 0 Å². The second-order valence-corrected chi connectivity index (χ2v) is 6.19. The third-order valence-corrected chi connectivity index (χ3v) is 4.33. The number of benzene rings is 1. The van der Waals surface area contributed by atoms with Gasteiger partial charge in [-0.1, -0.05) is 24.3 Å². The Hall–Kier alpha value is -1.96. The predicted molar refractivity (Wildman–Crippen MR) is 85.3 cm³/mol. The lowest BCUT2D eigenvalue weighted by atomic mass is 10.1. The van der Waals surface area contributed by atoms with Crippen molar-refractivity contribution in [1.82, 2.24) is 10.2 Å². The number of aliphatic carboxylic acids is 1.